The van der Waals surface area contributed by atoms with Crippen LogP contribution >= 0.6 is 11.3 Å². The van der Waals surface area contributed by atoms with E-state index in [2.05, 4.69) is 19.9 Å². The average Bonchev–Trinajstić information content (AvgIpc) is 3.28. The van der Waals surface area contributed by atoms with E-state index in [1.165, 1.54) is 6.07 Å². The molecule has 0 unspecified atom stereocenters. The van der Waals surface area contributed by atoms with Crippen molar-refractivity contribution in [1.29, 1.82) is 0 Å². The summed E-state index contributed by atoms with van der Waals surface area (Å²) in [4.78, 5) is 19.6. The number of sulfonamides is 1. The van der Waals surface area contributed by atoms with Gasteiger partial charge in [0.2, 0.25) is 0 Å². The number of rotatable bonds is 6. The molecule has 3 aromatic rings. The van der Waals surface area contributed by atoms with Crippen molar-refractivity contribution < 1.29 is 13.2 Å². The summed E-state index contributed by atoms with van der Waals surface area (Å²) in [5.74, 6) is 0.580. The van der Waals surface area contributed by atoms with E-state index >= 15 is 0 Å². The number of anilines is 2. The van der Waals surface area contributed by atoms with Crippen molar-refractivity contribution in [3.05, 3.63) is 70.5 Å². The Morgan fingerprint density at radius 2 is 1.84 bits per heavy atom. The fraction of sp³-hybridized carbons (Fsp3) is 0.273. The molecule has 0 saturated carbocycles. The highest BCUT2D eigenvalue weighted by atomic mass is 32.2. The number of thiophene rings is 1. The van der Waals surface area contributed by atoms with Crippen LogP contribution in [0.1, 0.15) is 28.1 Å². The Kier molecular flexibility index (Phi) is 6.24. The maximum absolute atomic E-state index is 12.9. The van der Waals surface area contributed by atoms with Crippen LogP contribution in [0.25, 0.3) is 0 Å². The zero-order valence-corrected chi connectivity index (χ0v) is 18.7. The third-order valence-electron chi connectivity index (χ3n) is 5.23. The van der Waals surface area contributed by atoms with Gasteiger partial charge in [-0.15, -0.1) is 11.3 Å². The molecule has 0 radical (unpaired) electrons. The second-order valence-electron chi connectivity index (χ2n) is 7.51. The molecule has 0 aliphatic carbocycles. The van der Waals surface area contributed by atoms with Gasteiger partial charge in [-0.05, 0) is 55.5 Å². The van der Waals surface area contributed by atoms with Gasteiger partial charge < -0.3 is 10.2 Å². The van der Waals surface area contributed by atoms with E-state index in [-0.39, 0.29) is 21.7 Å². The van der Waals surface area contributed by atoms with Gasteiger partial charge in [-0.2, -0.15) is 0 Å². The third-order valence-corrected chi connectivity index (χ3v) is 7.70. The summed E-state index contributed by atoms with van der Waals surface area (Å²) in [5, 5.41) is 4.64. The predicted molar refractivity (Wildman–Crippen MR) is 123 cm³/mol. The molecule has 7 nitrogen and oxygen atoms in total. The molecule has 1 aliphatic rings. The number of aromatic nitrogens is 1. The van der Waals surface area contributed by atoms with Crippen molar-refractivity contribution in [2.24, 2.45) is 0 Å². The third kappa shape index (κ3) is 5.05. The number of pyridine rings is 1. The molecule has 1 fully saturated rings. The van der Waals surface area contributed by atoms with Crippen LogP contribution in [0, 0.1) is 6.92 Å². The highest BCUT2D eigenvalue weighted by Crippen LogP contribution is 2.25. The smallest absolute Gasteiger partial charge is 0.263 e. The minimum absolute atomic E-state index is 0.00139. The predicted octanol–water partition coefficient (Wildman–Crippen LogP) is 3.65. The van der Waals surface area contributed by atoms with Gasteiger partial charge in [0, 0.05) is 31.0 Å². The van der Waals surface area contributed by atoms with Crippen LogP contribution < -0.4 is 14.9 Å². The highest BCUT2D eigenvalue weighted by molar-refractivity contribution is 7.93. The maximum Gasteiger partial charge on any atom is 0.263 e. The number of carbonyl (C=O) groups is 1. The zero-order chi connectivity index (χ0) is 21.8. The number of benzene rings is 1. The monoisotopic (exact) mass is 456 g/mol. The molecular weight excluding hydrogens is 432 g/mol. The number of hydrogen-bond acceptors (Lipinski definition) is 6. The summed E-state index contributed by atoms with van der Waals surface area (Å²) in [7, 11) is -3.86. The van der Waals surface area contributed by atoms with Crippen molar-refractivity contribution >= 4 is 38.8 Å². The van der Waals surface area contributed by atoms with Gasteiger partial charge in [0.1, 0.15) is 15.6 Å². The van der Waals surface area contributed by atoms with Crippen LogP contribution in [0.2, 0.25) is 0 Å². The Labute approximate surface area is 186 Å². The average molecular weight is 457 g/mol. The number of hydrogen-bond donors (Lipinski definition) is 2. The summed E-state index contributed by atoms with van der Waals surface area (Å²) < 4.78 is 28.3. The molecule has 3 heterocycles. The number of amides is 1. The van der Waals surface area contributed by atoms with E-state index in [1.807, 2.05) is 37.3 Å². The number of nitrogens with zero attached hydrogens (tertiary/aromatic N) is 2. The first-order valence-electron chi connectivity index (χ1n) is 10.1. The lowest BCUT2D eigenvalue weighted by Gasteiger charge is -2.33. The second-order valence-corrected chi connectivity index (χ2v) is 10.1. The summed E-state index contributed by atoms with van der Waals surface area (Å²) in [6, 6.07) is 14.4. The summed E-state index contributed by atoms with van der Waals surface area (Å²) in [5.41, 5.74) is 1.50. The van der Waals surface area contributed by atoms with E-state index in [1.54, 1.807) is 23.7 Å². The lowest BCUT2D eigenvalue weighted by Crippen LogP contribution is -2.45. The normalized spacial score (nSPS) is 14.9. The largest absolute Gasteiger partial charge is 0.356 e. The number of carbonyl (C=O) groups excluding carboxylic acids is 1. The lowest BCUT2D eigenvalue weighted by atomic mass is 10.0. The molecule has 1 aromatic carbocycles. The quantitative estimate of drug-likeness (QED) is 0.591. The zero-order valence-electron chi connectivity index (χ0n) is 17.1. The van der Waals surface area contributed by atoms with E-state index in [9.17, 15) is 13.2 Å². The first-order valence-corrected chi connectivity index (χ1v) is 12.4. The van der Waals surface area contributed by atoms with Crippen LogP contribution in [-0.4, -0.2) is 38.4 Å². The van der Waals surface area contributed by atoms with Crippen LogP contribution in [0.3, 0.4) is 0 Å². The molecule has 4 rings (SSSR count). The van der Waals surface area contributed by atoms with E-state index in [0.717, 1.165) is 48.6 Å². The van der Waals surface area contributed by atoms with E-state index in [4.69, 9.17) is 0 Å². The minimum atomic E-state index is -3.86. The van der Waals surface area contributed by atoms with Crippen LogP contribution in [0.15, 0.2) is 65.0 Å². The first kappa shape index (κ1) is 21.3. The molecule has 9 heteroatoms. The van der Waals surface area contributed by atoms with E-state index < -0.39 is 10.0 Å². The Morgan fingerprint density at radius 3 is 2.52 bits per heavy atom. The highest BCUT2D eigenvalue weighted by Gasteiger charge is 2.27. The molecule has 31 heavy (non-hydrogen) atoms. The van der Waals surface area contributed by atoms with Gasteiger partial charge >= 0.3 is 0 Å². The number of nitrogens with one attached hydrogen (secondary N) is 2. The summed E-state index contributed by atoms with van der Waals surface area (Å²) in [6.07, 6.45) is 3.32. The summed E-state index contributed by atoms with van der Waals surface area (Å²) in [6.45, 7) is 3.50. The van der Waals surface area contributed by atoms with Crippen molar-refractivity contribution in [2.45, 2.75) is 30.7 Å². The van der Waals surface area contributed by atoms with Gasteiger partial charge in [0.25, 0.3) is 15.9 Å². The SMILES string of the molecule is Cc1ccc(NS(=O)(=O)c2ccsc2C(=O)NC2CCN(c3ccccn3)CC2)cc1. The van der Waals surface area contributed by atoms with Crippen LogP contribution in [0.5, 0.6) is 0 Å². The minimum Gasteiger partial charge on any atom is -0.356 e. The van der Waals surface area contributed by atoms with Crippen LogP contribution in [0.4, 0.5) is 11.5 Å². The van der Waals surface area contributed by atoms with Gasteiger partial charge in [-0.1, -0.05) is 23.8 Å². The standard InChI is InChI=1S/C22H24N4O3S2/c1-16-5-7-18(8-6-16)25-31(28,29)19-11-15-30-21(19)22(27)24-17-9-13-26(14-10-17)20-4-2-3-12-23-20/h2-8,11-12,15,17,25H,9-10,13-14H2,1H3,(H,24,27). The van der Waals surface area contributed by atoms with Crippen molar-refractivity contribution in [2.75, 3.05) is 22.7 Å². The number of aryl methyl sites for hydroxylation is 1. The Bertz CT molecular complexity index is 1140. The molecule has 2 aromatic heterocycles. The molecule has 1 amide bonds. The summed E-state index contributed by atoms with van der Waals surface area (Å²) >= 11 is 1.13. The Morgan fingerprint density at radius 1 is 1.10 bits per heavy atom. The van der Waals surface area contributed by atoms with Gasteiger partial charge in [0.05, 0.1) is 0 Å². The van der Waals surface area contributed by atoms with Crippen LogP contribution in [-0.2, 0) is 10.0 Å². The lowest BCUT2D eigenvalue weighted by molar-refractivity contribution is 0.0932. The molecule has 1 aliphatic heterocycles. The first-order chi connectivity index (χ1) is 14.9. The van der Waals surface area contributed by atoms with E-state index in [0.29, 0.717) is 5.69 Å². The number of piperidine rings is 1. The van der Waals surface area contributed by atoms with Gasteiger partial charge in [0.15, 0.2) is 0 Å². The fourth-order valence-electron chi connectivity index (χ4n) is 3.55. The molecule has 0 spiro atoms. The molecule has 162 valence electrons. The fourth-order valence-corrected chi connectivity index (χ4v) is 5.94. The van der Waals surface area contributed by atoms with Gasteiger partial charge in [-0.3, -0.25) is 9.52 Å². The molecule has 0 atom stereocenters. The maximum atomic E-state index is 12.9. The van der Waals surface area contributed by atoms with Crippen molar-refractivity contribution in [1.82, 2.24) is 10.3 Å². The molecule has 1 saturated heterocycles. The molecule has 2 N–H and O–H groups in total. The molecule has 0 bridgehead atoms. The van der Waals surface area contributed by atoms with Crippen molar-refractivity contribution in [3.63, 3.8) is 0 Å². The molecular formula is C22H24N4O3S2. The van der Waals surface area contributed by atoms with Gasteiger partial charge in [-0.25, -0.2) is 13.4 Å². The second kappa shape index (κ2) is 9.07. The Hall–Kier alpha value is -2.91. The topological polar surface area (TPSA) is 91.4 Å². The van der Waals surface area contributed by atoms with Crippen molar-refractivity contribution in [3.8, 4) is 0 Å². The Balaban J connectivity index is 1.40.